The molecule has 2 aromatic heterocycles. The molecule has 186 valence electrons. The normalized spacial score (nSPS) is 11.8. The molecule has 36 heavy (non-hydrogen) atoms. The summed E-state index contributed by atoms with van der Waals surface area (Å²) in [6.07, 6.45) is 1.40. The third kappa shape index (κ3) is 6.34. The molecule has 4 rings (SSSR count). The summed E-state index contributed by atoms with van der Waals surface area (Å²) in [6.45, 7) is 10.2. The molecule has 0 spiro atoms. The minimum absolute atomic E-state index is 0.166. The van der Waals surface area contributed by atoms with Gasteiger partial charge < -0.3 is 10.1 Å². The van der Waals surface area contributed by atoms with Crippen molar-refractivity contribution < 1.29 is 9.53 Å². The highest BCUT2D eigenvalue weighted by atomic mass is 35.5. The fraction of sp³-hybridized carbons (Fsp3) is 0.231. The number of carbonyl (C=O) groups is 1. The first-order valence-corrected chi connectivity index (χ1v) is 13.5. The van der Waals surface area contributed by atoms with Crippen LogP contribution in [0.2, 0.25) is 5.02 Å². The van der Waals surface area contributed by atoms with Gasteiger partial charge in [0.15, 0.2) is 22.2 Å². The van der Waals surface area contributed by atoms with Crippen LogP contribution in [0.5, 0.6) is 5.75 Å². The molecule has 7 nitrogen and oxygen atoms in total. The average molecular weight is 540 g/mol. The lowest BCUT2D eigenvalue weighted by Gasteiger charge is -2.17. The van der Waals surface area contributed by atoms with Gasteiger partial charge in [-0.25, -0.2) is 4.98 Å². The summed E-state index contributed by atoms with van der Waals surface area (Å²) in [7, 11) is 0. The monoisotopic (exact) mass is 539 g/mol. The first-order chi connectivity index (χ1) is 17.3. The Morgan fingerprint density at radius 1 is 1.25 bits per heavy atom. The maximum atomic E-state index is 12.6. The van der Waals surface area contributed by atoms with E-state index in [4.69, 9.17) is 16.3 Å². The number of rotatable bonds is 10. The Morgan fingerprint density at radius 2 is 2.03 bits per heavy atom. The number of benzene rings is 2. The lowest BCUT2D eigenvalue weighted by atomic mass is 10.1. The second kappa shape index (κ2) is 11.7. The van der Waals surface area contributed by atoms with Gasteiger partial charge in [0.05, 0.1) is 11.4 Å². The van der Waals surface area contributed by atoms with Crippen molar-refractivity contribution in [2.45, 2.75) is 38.6 Å². The number of hydrogen-bond acceptors (Lipinski definition) is 7. The molecule has 0 aliphatic heterocycles. The van der Waals surface area contributed by atoms with Crippen LogP contribution in [0, 0.1) is 13.8 Å². The van der Waals surface area contributed by atoms with Crippen molar-refractivity contribution in [1.29, 1.82) is 0 Å². The van der Waals surface area contributed by atoms with Gasteiger partial charge in [-0.2, -0.15) is 0 Å². The van der Waals surface area contributed by atoms with E-state index in [1.807, 2.05) is 67.1 Å². The minimum Gasteiger partial charge on any atom is -0.482 e. The van der Waals surface area contributed by atoms with Crippen molar-refractivity contribution >= 4 is 45.7 Å². The lowest BCUT2D eigenvalue weighted by molar-refractivity contribution is -0.113. The number of allylic oxidation sites excluding steroid dienone is 1. The molecule has 4 aromatic rings. The van der Waals surface area contributed by atoms with Crippen LogP contribution in [0.15, 0.2) is 65.7 Å². The van der Waals surface area contributed by atoms with Gasteiger partial charge in [-0.15, -0.1) is 28.1 Å². The number of carbonyl (C=O) groups excluding carboxylic acids is 1. The molecule has 0 fully saturated rings. The number of hydrogen-bond donors (Lipinski definition) is 1. The fourth-order valence-corrected chi connectivity index (χ4v) is 5.19. The Hall–Kier alpha value is -3.14. The third-order valence-corrected chi connectivity index (χ3v) is 7.25. The highest BCUT2D eigenvalue weighted by Gasteiger charge is 2.20. The SMILES string of the molecule is C=CCn1c(SCC(=O)Nc2nc(-c3ccc(C)cc3)cs2)nnc1C(C)Oc1ccc(Cl)cc1C. The zero-order chi connectivity index (χ0) is 25.7. The Kier molecular flexibility index (Phi) is 8.45. The Labute approximate surface area is 223 Å². The molecule has 1 unspecified atom stereocenters. The molecule has 1 N–H and O–H groups in total. The predicted octanol–water partition coefficient (Wildman–Crippen LogP) is 6.73. The molecular weight excluding hydrogens is 514 g/mol. The average Bonchev–Trinajstić information content (AvgIpc) is 3.47. The number of nitrogens with zero attached hydrogens (tertiary/aromatic N) is 4. The van der Waals surface area contributed by atoms with Crippen molar-refractivity contribution in [1.82, 2.24) is 19.7 Å². The topological polar surface area (TPSA) is 81.9 Å². The van der Waals surface area contributed by atoms with Crippen molar-refractivity contribution in [2.75, 3.05) is 11.1 Å². The van der Waals surface area contributed by atoms with E-state index in [9.17, 15) is 4.79 Å². The highest BCUT2D eigenvalue weighted by molar-refractivity contribution is 7.99. The number of thiazole rings is 1. The lowest BCUT2D eigenvalue weighted by Crippen LogP contribution is -2.15. The molecule has 2 heterocycles. The Morgan fingerprint density at radius 3 is 2.75 bits per heavy atom. The number of aryl methyl sites for hydroxylation is 2. The summed E-state index contributed by atoms with van der Waals surface area (Å²) in [5, 5.41) is 15.3. The maximum Gasteiger partial charge on any atom is 0.236 e. The Balaban J connectivity index is 1.39. The molecule has 0 radical (unpaired) electrons. The molecule has 0 bridgehead atoms. The number of nitrogens with one attached hydrogen (secondary N) is 1. The van der Waals surface area contributed by atoms with E-state index in [0.717, 1.165) is 22.6 Å². The van der Waals surface area contributed by atoms with Crippen LogP contribution in [0.1, 0.15) is 30.0 Å². The second-order valence-corrected chi connectivity index (χ2v) is 10.4. The van der Waals surface area contributed by atoms with Gasteiger partial charge in [0, 0.05) is 22.5 Å². The van der Waals surface area contributed by atoms with Gasteiger partial charge in [-0.3, -0.25) is 9.36 Å². The maximum absolute atomic E-state index is 12.6. The molecule has 1 atom stereocenters. The summed E-state index contributed by atoms with van der Waals surface area (Å²) in [6, 6.07) is 13.6. The van der Waals surface area contributed by atoms with E-state index in [1.165, 1.54) is 28.7 Å². The molecule has 2 aromatic carbocycles. The fourth-order valence-electron chi connectivity index (χ4n) is 3.47. The van der Waals surface area contributed by atoms with E-state index in [1.54, 1.807) is 12.1 Å². The van der Waals surface area contributed by atoms with Crippen LogP contribution in [0.25, 0.3) is 11.3 Å². The van der Waals surface area contributed by atoms with Crippen molar-refractivity contribution in [3.8, 4) is 17.0 Å². The van der Waals surface area contributed by atoms with Gasteiger partial charge in [-0.1, -0.05) is 59.3 Å². The number of halogens is 1. The van der Waals surface area contributed by atoms with Crippen molar-refractivity contribution in [3.05, 3.63) is 82.5 Å². The zero-order valence-corrected chi connectivity index (χ0v) is 22.6. The van der Waals surface area contributed by atoms with E-state index in [-0.39, 0.29) is 17.8 Å². The van der Waals surface area contributed by atoms with Gasteiger partial charge in [0.1, 0.15) is 5.75 Å². The molecule has 10 heteroatoms. The van der Waals surface area contributed by atoms with Gasteiger partial charge in [-0.05, 0) is 44.5 Å². The third-order valence-electron chi connectivity index (χ3n) is 5.29. The first-order valence-electron chi connectivity index (χ1n) is 11.3. The van der Waals surface area contributed by atoms with Crippen LogP contribution < -0.4 is 10.1 Å². The number of amides is 1. The molecule has 0 saturated carbocycles. The number of aromatic nitrogens is 4. The van der Waals surface area contributed by atoms with E-state index in [0.29, 0.717) is 27.7 Å². The quantitative estimate of drug-likeness (QED) is 0.178. The highest BCUT2D eigenvalue weighted by Crippen LogP contribution is 2.29. The smallest absolute Gasteiger partial charge is 0.236 e. The first kappa shape index (κ1) is 25.9. The number of thioether (sulfide) groups is 1. The standard InChI is InChI=1S/C26H26ClN5O2S2/c1-5-12-32-24(18(4)34-22-11-10-20(27)13-17(22)3)30-31-26(32)36-15-23(33)29-25-28-21(14-35-25)19-8-6-16(2)7-9-19/h5-11,13-14,18H,1,12,15H2,2-4H3,(H,28,29,33). The van der Waals surface area contributed by atoms with Crippen molar-refractivity contribution in [2.24, 2.45) is 0 Å². The van der Waals surface area contributed by atoms with Crippen LogP contribution in [-0.2, 0) is 11.3 Å². The van der Waals surface area contributed by atoms with Crippen LogP contribution in [0.3, 0.4) is 0 Å². The summed E-state index contributed by atoms with van der Waals surface area (Å²) in [5.41, 5.74) is 3.97. The van der Waals surface area contributed by atoms with Gasteiger partial charge in [0.25, 0.3) is 0 Å². The van der Waals surface area contributed by atoms with Crippen LogP contribution in [-0.4, -0.2) is 31.4 Å². The zero-order valence-electron chi connectivity index (χ0n) is 20.2. The van der Waals surface area contributed by atoms with Crippen molar-refractivity contribution in [3.63, 3.8) is 0 Å². The molecule has 0 saturated heterocycles. The summed E-state index contributed by atoms with van der Waals surface area (Å²) in [5.74, 6) is 1.37. The number of ether oxygens (including phenoxy) is 1. The van der Waals surface area contributed by atoms with E-state index in [2.05, 4.69) is 27.1 Å². The van der Waals surface area contributed by atoms with Crippen LogP contribution in [0.4, 0.5) is 5.13 Å². The van der Waals surface area contributed by atoms with E-state index < -0.39 is 0 Å². The molecule has 0 aliphatic rings. The second-order valence-electron chi connectivity index (χ2n) is 8.15. The van der Waals surface area contributed by atoms with Crippen LogP contribution >= 0.6 is 34.7 Å². The molecular formula is C26H26ClN5O2S2. The summed E-state index contributed by atoms with van der Waals surface area (Å²) in [4.78, 5) is 17.2. The van der Waals surface area contributed by atoms with Gasteiger partial charge >= 0.3 is 0 Å². The molecule has 0 aliphatic carbocycles. The van der Waals surface area contributed by atoms with Gasteiger partial charge in [0.2, 0.25) is 5.91 Å². The largest absolute Gasteiger partial charge is 0.482 e. The predicted molar refractivity (Wildman–Crippen MR) is 147 cm³/mol. The summed E-state index contributed by atoms with van der Waals surface area (Å²) >= 11 is 8.75. The minimum atomic E-state index is -0.365. The van der Waals surface area contributed by atoms with E-state index >= 15 is 0 Å². The molecule has 1 amide bonds. The Bertz CT molecular complexity index is 1370. The summed E-state index contributed by atoms with van der Waals surface area (Å²) < 4.78 is 8.03. The number of anilines is 1.